The normalized spacial score (nSPS) is 20.5. The van der Waals surface area contributed by atoms with Crippen LogP contribution < -0.4 is 5.32 Å². The average Bonchev–Trinajstić information content (AvgIpc) is 3.28. The number of carbonyl (C=O) groups excluding carboxylic acids is 2. The largest absolute Gasteiger partial charge is 0.381 e. The molecule has 2 saturated heterocycles. The van der Waals surface area contributed by atoms with Gasteiger partial charge in [0.15, 0.2) is 0 Å². The number of likely N-dealkylation sites (tertiary alicyclic amines) is 1. The number of nitrogens with one attached hydrogen (secondary N) is 1. The quantitative estimate of drug-likeness (QED) is 0.798. The van der Waals surface area contributed by atoms with Crippen molar-refractivity contribution >= 4 is 11.8 Å². The van der Waals surface area contributed by atoms with Gasteiger partial charge in [0.05, 0.1) is 17.2 Å². The van der Waals surface area contributed by atoms with E-state index in [-0.39, 0.29) is 23.7 Å². The Kier molecular flexibility index (Phi) is 6.32. The number of nitrogens with zero attached hydrogens (tertiary/aromatic N) is 2. The lowest BCUT2D eigenvalue weighted by molar-refractivity contribution is -0.142. The van der Waals surface area contributed by atoms with Gasteiger partial charge in [0.2, 0.25) is 11.8 Å². The standard InChI is InChI=1S/C24H28FN3O3/c1-17(29)26-15-18-8-9-21(27-16-18)22-7-4-12-28(22)23(30)24(10-13-31-14-11-24)19-5-2-3-6-20(19)25/h2-3,5-6,8-9,16,22H,4,7,10-15H2,1H3,(H,26,29). The Labute approximate surface area is 181 Å². The molecule has 2 aromatic rings. The minimum Gasteiger partial charge on any atom is -0.381 e. The molecule has 2 amide bonds. The maximum absolute atomic E-state index is 14.8. The second kappa shape index (κ2) is 9.14. The lowest BCUT2D eigenvalue weighted by Gasteiger charge is -2.40. The van der Waals surface area contributed by atoms with E-state index in [2.05, 4.69) is 10.3 Å². The van der Waals surface area contributed by atoms with E-state index >= 15 is 0 Å². The Morgan fingerprint density at radius 1 is 1.23 bits per heavy atom. The Hall–Kier alpha value is -2.80. The number of carbonyl (C=O) groups is 2. The molecule has 2 aliphatic heterocycles. The van der Waals surface area contributed by atoms with Gasteiger partial charge >= 0.3 is 0 Å². The van der Waals surface area contributed by atoms with Crippen LogP contribution in [-0.4, -0.2) is 41.5 Å². The molecule has 164 valence electrons. The number of benzene rings is 1. The van der Waals surface area contributed by atoms with Crippen LogP contribution in [0.5, 0.6) is 0 Å². The summed E-state index contributed by atoms with van der Waals surface area (Å²) in [5, 5.41) is 2.76. The van der Waals surface area contributed by atoms with Crippen LogP contribution in [0.2, 0.25) is 0 Å². The smallest absolute Gasteiger partial charge is 0.234 e. The molecule has 2 aliphatic rings. The molecule has 0 aliphatic carbocycles. The van der Waals surface area contributed by atoms with Gasteiger partial charge in [-0.1, -0.05) is 24.3 Å². The monoisotopic (exact) mass is 425 g/mol. The molecule has 7 heteroatoms. The van der Waals surface area contributed by atoms with Crippen molar-refractivity contribution in [1.29, 1.82) is 0 Å². The molecule has 1 N–H and O–H groups in total. The van der Waals surface area contributed by atoms with Crippen LogP contribution in [0.4, 0.5) is 4.39 Å². The van der Waals surface area contributed by atoms with Crippen molar-refractivity contribution in [2.75, 3.05) is 19.8 Å². The molecule has 1 unspecified atom stereocenters. The molecule has 3 heterocycles. The summed E-state index contributed by atoms with van der Waals surface area (Å²) in [6, 6.07) is 10.3. The Balaban J connectivity index is 1.60. The van der Waals surface area contributed by atoms with E-state index in [1.54, 1.807) is 24.4 Å². The first-order chi connectivity index (χ1) is 15.0. The van der Waals surface area contributed by atoms with Crippen LogP contribution in [0.15, 0.2) is 42.6 Å². The predicted molar refractivity (Wildman–Crippen MR) is 114 cm³/mol. The molecule has 1 aromatic heterocycles. The molecular weight excluding hydrogens is 397 g/mol. The van der Waals surface area contributed by atoms with E-state index in [4.69, 9.17) is 4.74 Å². The highest BCUT2D eigenvalue weighted by Crippen LogP contribution is 2.42. The summed E-state index contributed by atoms with van der Waals surface area (Å²) in [4.78, 5) is 31.5. The van der Waals surface area contributed by atoms with Crippen molar-refractivity contribution in [3.63, 3.8) is 0 Å². The highest BCUT2D eigenvalue weighted by Gasteiger charge is 2.48. The van der Waals surface area contributed by atoms with Gasteiger partial charge in [-0.15, -0.1) is 0 Å². The van der Waals surface area contributed by atoms with E-state index in [1.165, 1.54) is 13.0 Å². The predicted octanol–water partition coefficient (Wildman–Crippen LogP) is 3.27. The van der Waals surface area contributed by atoms with Crippen molar-refractivity contribution in [3.8, 4) is 0 Å². The van der Waals surface area contributed by atoms with Crippen LogP contribution in [0.25, 0.3) is 0 Å². The van der Waals surface area contributed by atoms with Gasteiger partial charge in [0, 0.05) is 45.0 Å². The fourth-order valence-electron chi connectivity index (χ4n) is 4.72. The third-order valence-electron chi connectivity index (χ3n) is 6.39. The molecule has 4 rings (SSSR count). The van der Waals surface area contributed by atoms with Crippen LogP contribution >= 0.6 is 0 Å². The van der Waals surface area contributed by atoms with Gasteiger partial charge in [0.25, 0.3) is 0 Å². The summed E-state index contributed by atoms with van der Waals surface area (Å²) in [5.41, 5.74) is 1.29. The summed E-state index contributed by atoms with van der Waals surface area (Å²) >= 11 is 0. The highest BCUT2D eigenvalue weighted by molar-refractivity contribution is 5.89. The van der Waals surface area contributed by atoms with Gasteiger partial charge < -0.3 is 15.0 Å². The number of ether oxygens (including phenoxy) is 1. The summed E-state index contributed by atoms with van der Waals surface area (Å²) in [5.74, 6) is -0.465. The third-order valence-corrected chi connectivity index (χ3v) is 6.39. The second-order valence-electron chi connectivity index (χ2n) is 8.33. The highest BCUT2D eigenvalue weighted by atomic mass is 19.1. The molecule has 0 bridgehead atoms. The zero-order valence-electron chi connectivity index (χ0n) is 17.8. The van der Waals surface area contributed by atoms with Crippen LogP contribution in [0, 0.1) is 5.82 Å². The maximum atomic E-state index is 14.8. The molecule has 1 atom stereocenters. The van der Waals surface area contributed by atoms with E-state index in [0.717, 1.165) is 24.1 Å². The minimum absolute atomic E-state index is 0.0347. The van der Waals surface area contributed by atoms with Gasteiger partial charge in [-0.25, -0.2) is 4.39 Å². The number of amides is 2. The number of pyridine rings is 1. The van der Waals surface area contributed by atoms with Crippen LogP contribution in [0.3, 0.4) is 0 Å². The zero-order valence-corrected chi connectivity index (χ0v) is 17.8. The van der Waals surface area contributed by atoms with Crippen LogP contribution in [0.1, 0.15) is 55.5 Å². The molecule has 6 nitrogen and oxygen atoms in total. The molecule has 31 heavy (non-hydrogen) atoms. The van der Waals surface area contributed by atoms with E-state index < -0.39 is 5.41 Å². The van der Waals surface area contributed by atoms with Crippen molar-refractivity contribution in [1.82, 2.24) is 15.2 Å². The minimum atomic E-state index is -0.905. The molecule has 2 fully saturated rings. The lowest BCUT2D eigenvalue weighted by Crippen LogP contribution is -2.50. The summed E-state index contributed by atoms with van der Waals surface area (Å²) in [6.45, 7) is 3.41. The number of hydrogen-bond acceptors (Lipinski definition) is 4. The van der Waals surface area contributed by atoms with Gasteiger partial charge in [0.1, 0.15) is 5.82 Å². The zero-order chi connectivity index (χ0) is 21.8. The number of aromatic nitrogens is 1. The fourth-order valence-corrected chi connectivity index (χ4v) is 4.72. The van der Waals surface area contributed by atoms with Crippen LogP contribution in [-0.2, 0) is 26.3 Å². The average molecular weight is 426 g/mol. The van der Waals surface area contributed by atoms with E-state index in [9.17, 15) is 14.0 Å². The fraction of sp³-hybridized carbons (Fsp3) is 0.458. The van der Waals surface area contributed by atoms with Gasteiger partial charge in [-0.05, 0) is 43.4 Å². The summed E-state index contributed by atoms with van der Waals surface area (Å²) in [7, 11) is 0. The SMILES string of the molecule is CC(=O)NCc1ccc(C2CCCN2C(=O)C2(c3ccccc3F)CCOCC2)nc1. The van der Waals surface area contributed by atoms with E-state index in [1.807, 2.05) is 17.0 Å². The third kappa shape index (κ3) is 4.32. The summed E-state index contributed by atoms with van der Waals surface area (Å²) in [6.07, 6.45) is 4.40. The molecular formula is C24H28FN3O3. The topological polar surface area (TPSA) is 71.5 Å². The Morgan fingerprint density at radius 2 is 2.00 bits per heavy atom. The van der Waals surface area contributed by atoms with E-state index in [0.29, 0.717) is 44.7 Å². The van der Waals surface area contributed by atoms with Crippen molar-refractivity contribution in [2.45, 2.75) is 50.6 Å². The molecule has 0 radical (unpaired) electrons. The first kappa shape index (κ1) is 21.4. The number of hydrogen-bond donors (Lipinski definition) is 1. The number of rotatable bonds is 5. The first-order valence-corrected chi connectivity index (χ1v) is 10.8. The van der Waals surface area contributed by atoms with Gasteiger partial charge in [-0.3, -0.25) is 14.6 Å². The van der Waals surface area contributed by atoms with Crippen molar-refractivity contribution in [2.24, 2.45) is 0 Å². The number of halogens is 1. The molecule has 0 saturated carbocycles. The first-order valence-electron chi connectivity index (χ1n) is 10.8. The summed E-state index contributed by atoms with van der Waals surface area (Å²) < 4.78 is 20.3. The van der Waals surface area contributed by atoms with Crippen molar-refractivity contribution < 1.29 is 18.7 Å². The Bertz CT molecular complexity index is 941. The lowest BCUT2D eigenvalue weighted by atomic mass is 9.72. The van der Waals surface area contributed by atoms with Gasteiger partial charge in [-0.2, -0.15) is 0 Å². The molecule has 0 spiro atoms. The maximum Gasteiger partial charge on any atom is 0.234 e. The van der Waals surface area contributed by atoms with Crippen molar-refractivity contribution in [3.05, 3.63) is 65.2 Å². The Morgan fingerprint density at radius 3 is 2.68 bits per heavy atom. The second-order valence-corrected chi connectivity index (χ2v) is 8.33. The molecule has 1 aromatic carbocycles.